The summed E-state index contributed by atoms with van der Waals surface area (Å²) in [5.41, 5.74) is 1.93. The summed E-state index contributed by atoms with van der Waals surface area (Å²) in [6.45, 7) is 7.04. The number of nitrogens with zero attached hydrogens (tertiary/aromatic N) is 3. The van der Waals surface area contributed by atoms with Crippen molar-refractivity contribution in [2.75, 3.05) is 41.0 Å². The Kier molecular flexibility index (Phi) is 5.04. The van der Waals surface area contributed by atoms with Crippen molar-refractivity contribution in [1.82, 2.24) is 0 Å². The molecule has 0 aromatic heterocycles. The first-order valence-electron chi connectivity index (χ1n) is 9.27. The summed E-state index contributed by atoms with van der Waals surface area (Å²) in [5, 5.41) is 1.02. The molecule has 1 amide bonds. The zero-order valence-electron chi connectivity index (χ0n) is 15.9. The van der Waals surface area contributed by atoms with E-state index >= 15 is 0 Å². The predicted octanol–water partition coefficient (Wildman–Crippen LogP) is 4.09. The Morgan fingerprint density at radius 3 is 2.29 bits per heavy atom. The third-order valence-corrected chi connectivity index (χ3v) is 5.82. The van der Waals surface area contributed by atoms with Gasteiger partial charge < -0.3 is 14.5 Å². The van der Waals surface area contributed by atoms with Gasteiger partial charge in [-0.3, -0.25) is 9.69 Å². The van der Waals surface area contributed by atoms with Gasteiger partial charge in [-0.05, 0) is 68.5 Å². The van der Waals surface area contributed by atoms with Crippen LogP contribution in [0.3, 0.4) is 0 Å². The van der Waals surface area contributed by atoms with E-state index in [0.717, 1.165) is 37.7 Å². The van der Waals surface area contributed by atoms with Crippen LogP contribution in [0.2, 0.25) is 5.02 Å². The van der Waals surface area contributed by atoms with Crippen molar-refractivity contribution >= 4 is 51.9 Å². The normalized spacial score (nSPS) is 19.5. The lowest BCUT2D eigenvalue weighted by molar-refractivity contribution is -0.120. The fourth-order valence-corrected chi connectivity index (χ4v) is 4.41. The summed E-state index contributed by atoms with van der Waals surface area (Å²) in [6.07, 6.45) is 0. The van der Waals surface area contributed by atoms with Gasteiger partial charge in [-0.15, -0.1) is 0 Å². The Balaban J connectivity index is 1.65. The molecule has 0 atom stereocenters. The zero-order valence-corrected chi connectivity index (χ0v) is 17.5. The molecular formula is C21H22ClN3O2S. The molecule has 0 radical (unpaired) electrons. The molecular weight excluding hydrogens is 394 g/mol. The highest BCUT2D eigenvalue weighted by atomic mass is 35.5. The fourth-order valence-electron chi connectivity index (χ4n) is 3.71. The maximum atomic E-state index is 13.2. The first kappa shape index (κ1) is 19.2. The topological polar surface area (TPSA) is 36.0 Å². The Bertz CT molecular complexity index is 910. The lowest BCUT2D eigenvalue weighted by atomic mass is 10.0. The summed E-state index contributed by atoms with van der Waals surface area (Å²) >= 11 is 11.8. The molecule has 0 saturated carbocycles. The van der Waals surface area contributed by atoms with E-state index in [9.17, 15) is 4.79 Å². The van der Waals surface area contributed by atoms with Crippen LogP contribution in [0, 0.1) is 0 Å². The number of halogens is 1. The van der Waals surface area contributed by atoms with Crippen molar-refractivity contribution in [1.29, 1.82) is 0 Å². The molecule has 2 aromatic carbocycles. The summed E-state index contributed by atoms with van der Waals surface area (Å²) in [4.78, 5) is 19.0. The van der Waals surface area contributed by atoms with Gasteiger partial charge >= 0.3 is 0 Å². The zero-order chi connectivity index (χ0) is 19.9. The van der Waals surface area contributed by atoms with Crippen molar-refractivity contribution in [2.45, 2.75) is 19.4 Å². The van der Waals surface area contributed by atoms with Crippen LogP contribution in [-0.2, 0) is 9.53 Å². The number of ether oxygens (including phenoxy) is 1. The summed E-state index contributed by atoms with van der Waals surface area (Å²) in [7, 11) is 0. The number of rotatable bonds is 3. The molecule has 2 aliphatic heterocycles. The number of anilines is 3. The van der Waals surface area contributed by atoms with Crippen molar-refractivity contribution < 1.29 is 9.53 Å². The van der Waals surface area contributed by atoms with Crippen LogP contribution in [0.25, 0.3) is 0 Å². The second-order valence-electron chi connectivity index (χ2n) is 7.41. The molecule has 5 nitrogen and oxygen atoms in total. The van der Waals surface area contributed by atoms with Gasteiger partial charge in [0, 0.05) is 29.5 Å². The minimum atomic E-state index is -0.792. The Morgan fingerprint density at radius 2 is 1.64 bits per heavy atom. The predicted molar refractivity (Wildman–Crippen MR) is 118 cm³/mol. The SMILES string of the molecule is CC1(C)C(=O)N(c2cccc(Cl)c2)C(=S)N1c1ccc(N2CCOCC2)cc1. The molecule has 146 valence electrons. The summed E-state index contributed by atoms with van der Waals surface area (Å²) in [6, 6.07) is 15.4. The van der Waals surface area contributed by atoms with Crippen LogP contribution in [0.15, 0.2) is 48.5 Å². The van der Waals surface area contributed by atoms with Gasteiger partial charge in [0.15, 0.2) is 5.11 Å². The quantitative estimate of drug-likeness (QED) is 0.705. The lowest BCUT2D eigenvalue weighted by Gasteiger charge is -2.31. The molecule has 0 aliphatic carbocycles. The largest absolute Gasteiger partial charge is 0.378 e. The van der Waals surface area contributed by atoms with Crippen LogP contribution in [0.4, 0.5) is 17.1 Å². The van der Waals surface area contributed by atoms with Crippen molar-refractivity contribution in [3.8, 4) is 0 Å². The minimum absolute atomic E-state index is 0.0722. The molecule has 0 bridgehead atoms. The van der Waals surface area contributed by atoms with Gasteiger partial charge in [0.1, 0.15) is 5.54 Å². The number of hydrogen-bond donors (Lipinski definition) is 0. The van der Waals surface area contributed by atoms with E-state index in [4.69, 9.17) is 28.6 Å². The molecule has 0 unspecified atom stereocenters. The highest BCUT2D eigenvalue weighted by Crippen LogP contribution is 2.37. The number of hydrogen-bond acceptors (Lipinski definition) is 4. The maximum absolute atomic E-state index is 13.2. The molecule has 2 aliphatic rings. The van der Waals surface area contributed by atoms with Crippen LogP contribution in [0.5, 0.6) is 0 Å². The Labute approximate surface area is 175 Å². The third-order valence-electron chi connectivity index (χ3n) is 5.22. The number of thiocarbonyl (C=S) groups is 1. The third kappa shape index (κ3) is 3.26. The molecule has 2 aromatic rings. The molecule has 28 heavy (non-hydrogen) atoms. The second kappa shape index (κ2) is 7.35. The van der Waals surface area contributed by atoms with E-state index < -0.39 is 5.54 Å². The molecule has 7 heteroatoms. The highest BCUT2D eigenvalue weighted by Gasteiger charge is 2.50. The number of carbonyl (C=O) groups excluding carboxylic acids is 1. The summed E-state index contributed by atoms with van der Waals surface area (Å²) < 4.78 is 5.42. The van der Waals surface area contributed by atoms with E-state index in [1.165, 1.54) is 0 Å². The number of morpholine rings is 1. The van der Waals surface area contributed by atoms with Gasteiger partial charge in [0.05, 0.1) is 18.9 Å². The van der Waals surface area contributed by atoms with Gasteiger partial charge in [0.2, 0.25) is 0 Å². The monoisotopic (exact) mass is 415 g/mol. The van der Waals surface area contributed by atoms with E-state index in [1.54, 1.807) is 17.0 Å². The van der Waals surface area contributed by atoms with Crippen molar-refractivity contribution in [2.24, 2.45) is 0 Å². The lowest BCUT2D eigenvalue weighted by Crippen LogP contribution is -2.44. The van der Waals surface area contributed by atoms with Crippen molar-refractivity contribution in [3.05, 3.63) is 53.6 Å². The molecule has 4 rings (SSSR count). The number of amides is 1. The van der Waals surface area contributed by atoms with E-state index in [1.807, 2.05) is 43.0 Å². The molecule has 2 heterocycles. The fraction of sp³-hybridized carbons (Fsp3) is 0.333. The van der Waals surface area contributed by atoms with E-state index in [0.29, 0.717) is 15.8 Å². The van der Waals surface area contributed by atoms with Gasteiger partial charge in [-0.1, -0.05) is 17.7 Å². The smallest absolute Gasteiger partial charge is 0.259 e. The van der Waals surface area contributed by atoms with E-state index in [-0.39, 0.29) is 5.91 Å². The van der Waals surface area contributed by atoms with Gasteiger partial charge in [-0.2, -0.15) is 0 Å². The second-order valence-corrected chi connectivity index (χ2v) is 8.21. The van der Waals surface area contributed by atoms with Gasteiger partial charge in [0.25, 0.3) is 5.91 Å². The maximum Gasteiger partial charge on any atom is 0.259 e. The van der Waals surface area contributed by atoms with E-state index in [2.05, 4.69) is 17.0 Å². The average Bonchev–Trinajstić information content (AvgIpc) is 2.87. The van der Waals surface area contributed by atoms with Crippen LogP contribution >= 0.6 is 23.8 Å². The van der Waals surface area contributed by atoms with Crippen LogP contribution in [0.1, 0.15) is 13.8 Å². The first-order chi connectivity index (χ1) is 13.4. The number of carbonyl (C=O) groups is 1. The standard InChI is InChI=1S/C21H22ClN3O2S/c1-21(2)19(26)24(18-5-3-4-15(22)14-18)20(28)25(21)17-8-6-16(7-9-17)23-10-12-27-13-11-23/h3-9,14H,10-13H2,1-2H3. The van der Waals surface area contributed by atoms with Crippen molar-refractivity contribution in [3.63, 3.8) is 0 Å². The van der Waals surface area contributed by atoms with Crippen LogP contribution < -0.4 is 14.7 Å². The van der Waals surface area contributed by atoms with Crippen LogP contribution in [-0.4, -0.2) is 42.9 Å². The highest BCUT2D eigenvalue weighted by molar-refractivity contribution is 7.81. The first-order valence-corrected chi connectivity index (χ1v) is 10.1. The average molecular weight is 416 g/mol. The minimum Gasteiger partial charge on any atom is -0.378 e. The molecule has 0 spiro atoms. The van der Waals surface area contributed by atoms with Gasteiger partial charge in [-0.25, -0.2) is 0 Å². The summed E-state index contributed by atoms with van der Waals surface area (Å²) in [5.74, 6) is -0.0722. The molecule has 2 fully saturated rings. The molecule has 2 saturated heterocycles. The molecule has 0 N–H and O–H groups in total. The Hall–Kier alpha value is -2.15. The number of benzene rings is 2. The Morgan fingerprint density at radius 1 is 1.00 bits per heavy atom.